The van der Waals surface area contributed by atoms with Gasteiger partial charge in [0.05, 0.1) is 12.2 Å². The van der Waals surface area contributed by atoms with Gasteiger partial charge in [-0.25, -0.2) is 0 Å². The van der Waals surface area contributed by atoms with Crippen LogP contribution in [0.2, 0.25) is 0 Å². The second-order valence-corrected chi connectivity index (χ2v) is 5.01. The average Bonchev–Trinajstić information content (AvgIpc) is 2.39. The van der Waals surface area contributed by atoms with Gasteiger partial charge in [-0.15, -0.1) is 0 Å². The highest BCUT2D eigenvalue weighted by atomic mass is 16.5. The summed E-state index contributed by atoms with van der Waals surface area (Å²) in [4.78, 5) is 0. The molecule has 0 radical (unpaired) electrons. The van der Waals surface area contributed by atoms with Crippen molar-refractivity contribution in [3.8, 4) is 5.75 Å². The van der Waals surface area contributed by atoms with E-state index in [1.54, 1.807) is 14.2 Å². The molecule has 0 aliphatic heterocycles. The zero-order valence-electron chi connectivity index (χ0n) is 12.4. The van der Waals surface area contributed by atoms with Crippen LogP contribution in [0.4, 0.5) is 5.69 Å². The Hall–Kier alpha value is -1.26. The van der Waals surface area contributed by atoms with Crippen LogP contribution < -0.4 is 10.1 Å². The van der Waals surface area contributed by atoms with E-state index in [2.05, 4.69) is 19.2 Å². The first kappa shape index (κ1) is 15.8. The molecular weight excluding hydrogens is 242 g/mol. The molecule has 0 heterocycles. The highest BCUT2D eigenvalue weighted by Gasteiger charge is 2.15. The van der Waals surface area contributed by atoms with Crippen LogP contribution in [0.15, 0.2) is 24.3 Å². The summed E-state index contributed by atoms with van der Waals surface area (Å²) in [5.41, 5.74) is 0.960. The standard InChI is InChI=1S/C15H25NO3/c1-15(2,18-4)8-9-16-13-6-5-7-14(12-13)19-11-10-17-3/h5-7,12,16H,8-11H2,1-4H3. The summed E-state index contributed by atoms with van der Waals surface area (Å²) in [6, 6.07) is 7.95. The van der Waals surface area contributed by atoms with Crippen LogP contribution in [0.1, 0.15) is 20.3 Å². The monoisotopic (exact) mass is 267 g/mol. The molecule has 1 aromatic rings. The third-order valence-electron chi connectivity index (χ3n) is 3.00. The lowest BCUT2D eigenvalue weighted by Gasteiger charge is -2.23. The van der Waals surface area contributed by atoms with Crippen LogP contribution in [0.5, 0.6) is 5.75 Å². The topological polar surface area (TPSA) is 39.7 Å². The number of ether oxygens (including phenoxy) is 3. The number of anilines is 1. The van der Waals surface area contributed by atoms with E-state index in [0.717, 1.165) is 24.4 Å². The summed E-state index contributed by atoms with van der Waals surface area (Å²) in [7, 11) is 3.41. The molecule has 0 spiro atoms. The average molecular weight is 267 g/mol. The van der Waals surface area contributed by atoms with Crippen LogP contribution in [0, 0.1) is 0 Å². The number of rotatable bonds is 9. The highest BCUT2D eigenvalue weighted by molar-refractivity contribution is 5.48. The van der Waals surface area contributed by atoms with Gasteiger partial charge in [0.2, 0.25) is 0 Å². The Labute approximate surface area is 116 Å². The molecule has 1 N–H and O–H groups in total. The van der Waals surface area contributed by atoms with Gasteiger partial charge in [0.15, 0.2) is 0 Å². The lowest BCUT2D eigenvalue weighted by Crippen LogP contribution is -2.25. The van der Waals surface area contributed by atoms with Gasteiger partial charge < -0.3 is 19.5 Å². The molecule has 108 valence electrons. The summed E-state index contributed by atoms with van der Waals surface area (Å²) in [5, 5.41) is 3.37. The van der Waals surface area contributed by atoms with Crippen LogP contribution >= 0.6 is 0 Å². The molecule has 0 fully saturated rings. The zero-order chi connectivity index (χ0) is 14.1. The lowest BCUT2D eigenvalue weighted by atomic mass is 10.1. The Kier molecular flexibility index (Phi) is 6.67. The normalized spacial score (nSPS) is 11.4. The quantitative estimate of drug-likeness (QED) is 0.698. The molecule has 4 nitrogen and oxygen atoms in total. The summed E-state index contributed by atoms with van der Waals surface area (Å²) >= 11 is 0. The molecule has 4 heteroatoms. The molecular formula is C15H25NO3. The van der Waals surface area contributed by atoms with Gasteiger partial charge >= 0.3 is 0 Å². The minimum Gasteiger partial charge on any atom is -0.491 e. The Morgan fingerprint density at radius 1 is 1.16 bits per heavy atom. The molecule has 0 unspecified atom stereocenters. The number of hydrogen-bond donors (Lipinski definition) is 1. The van der Waals surface area contributed by atoms with E-state index in [-0.39, 0.29) is 5.60 Å². The van der Waals surface area contributed by atoms with E-state index < -0.39 is 0 Å². The maximum atomic E-state index is 5.57. The zero-order valence-corrected chi connectivity index (χ0v) is 12.4. The number of benzene rings is 1. The van der Waals surface area contributed by atoms with Gasteiger partial charge in [0, 0.05) is 32.5 Å². The molecule has 0 saturated carbocycles. The van der Waals surface area contributed by atoms with E-state index in [0.29, 0.717) is 13.2 Å². The molecule has 0 aliphatic carbocycles. The highest BCUT2D eigenvalue weighted by Crippen LogP contribution is 2.18. The van der Waals surface area contributed by atoms with E-state index in [1.807, 2.05) is 24.3 Å². The van der Waals surface area contributed by atoms with E-state index in [9.17, 15) is 0 Å². The van der Waals surface area contributed by atoms with Crippen molar-refractivity contribution in [2.45, 2.75) is 25.9 Å². The van der Waals surface area contributed by atoms with E-state index in [1.165, 1.54) is 0 Å². The molecule has 0 amide bonds. The van der Waals surface area contributed by atoms with Crippen molar-refractivity contribution in [3.05, 3.63) is 24.3 Å². The van der Waals surface area contributed by atoms with Crippen molar-refractivity contribution < 1.29 is 14.2 Å². The third-order valence-corrected chi connectivity index (χ3v) is 3.00. The van der Waals surface area contributed by atoms with Gasteiger partial charge in [0.1, 0.15) is 12.4 Å². The Morgan fingerprint density at radius 3 is 2.63 bits per heavy atom. The molecule has 19 heavy (non-hydrogen) atoms. The summed E-state index contributed by atoms with van der Waals surface area (Å²) in [6.07, 6.45) is 0.943. The van der Waals surface area contributed by atoms with Gasteiger partial charge in [0.25, 0.3) is 0 Å². The molecule has 1 rings (SSSR count). The van der Waals surface area contributed by atoms with Crippen molar-refractivity contribution >= 4 is 5.69 Å². The van der Waals surface area contributed by atoms with Crippen molar-refractivity contribution in [2.24, 2.45) is 0 Å². The maximum absolute atomic E-state index is 5.57. The van der Waals surface area contributed by atoms with E-state index >= 15 is 0 Å². The van der Waals surface area contributed by atoms with Crippen LogP contribution in [0.3, 0.4) is 0 Å². The van der Waals surface area contributed by atoms with Crippen molar-refractivity contribution in [1.29, 1.82) is 0 Å². The minimum absolute atomic E-state index is 0.0976. The molecule has 0 aliphatic rings. The van der Waals surface area contributed by atoms with Crippen LogP contribution in [0.25, 0.3) is 0 Å². The Morgan fingerprint density at radius 2 is 1.95 bits per heavy atom. The molecule has 0 atom stereocenters. The van der Waals surface area contributed by atoms with E-state index in [4.69, 9.17) is 14.2 Å². The van der Waals surface area contributed by atoms with Gasteiger partial charge in [-0.3, -0.25) is 0 Å². The van der Waals surface area contributed by atoms with Gasteiger partial charge in [-0.1, -0.05) is 6.07 Å². The lowest BCUT2D eigenvalue weighted by molar-refractivity contribution is 0.0185. The van der Waals surface area contributed by atoms with Gasteiger partial charge in [-0.05, 0) is 32.4 Å². The first-order valence-corrected chi connectivity index (χ1v) is 6.58. The summed E-state index contributed by atoms with van der Waals surface area (Å²) in [5.74, 6) is 0.855. The SMILES string of the molecule is COCCOc1cccc(NCCC(C)(C)OC)c1. The fourth-order valence-electron chi connectivity index (χ4n) is 1.55. The van der Waals surface area contributed by atoms with Crippen LogP contribution in [-0.4, -0.2) is 39.6 Å². The fraction of sp³-hybridized carbons (Fsp3) is 0.600. The minimum atomic E-state index is -0.0976. The van der Waals surface area contributed by atoms with Crippen molar-refractivity contribution in [2.75, 3.05) is 39.3 Å². The van der Waals surface area contributed by atoms with Crippen molar-refractivity contribution in [3.63, 3.8) is 0 Å². The van der Waals surface area contributed by atoms with Gasteiger partial charge in [-0.2, -0.15) is 0 Å². The molecule has 0 saturated heterocycles. The number of nitrogens with one attached hydrogen (secondary N) is 1. The Bertz CT molecular complexity index is 366. The fourth-order valence-corrected chi connectivity index (χ4v) is 1.55. The molecule has 1 aromatic carbocycles. The third kappa shape index (κ3) is 6.45. The second kappa shape index (κ2) is 8.02. The van der Waals surface area contributed by atoms with Crippen LogP contribution in [-0.2, 0) is 9.47 Å². The summed E-state index contributed by atoms with van der Waals surface area (Å²) < 4.78 is 15.9. The predicted octanol–water partition coefficient (Wildman–Crippen LogP) is 2.94. The number of methoxy groups -OCH3 is 2. The number of hydrogen-bond acceptors (Lipinski definition) is 4. The Balaban J connectivity index is 2.39. The smallest absolute Gasteiger partial charge is 0.121 e. The van der Waals surface area contributed by atoms with Crippen molar-refractivity contribution in [1.82, 2.24) is 0 Å². The summed E-state index contributed by atoms with van der Waals surface area (Å²) in [6.45, 7) is 6.19. The predicted molar refractivity (Wildman–Crippen MR) is 78.0 cm³/mol. The first-order valence-electron chi connectivity index (χ1n) is 6.58. The molecule has 0 bridgehead atoms. The largest absolute Gasteiger partial charge is 0.491 e. The second-order valence-electron chi connectivity index (χ2n) is 5.01. The molecule has 0 aromatic heterocycles. The maximum Gasteiger partial charge on any atom is 0.121 e. The first-order chi connectivity index (χ1) is 9.07.